The Morgan fingerprint density at radius 1 is 1.32 bits per heavy atom. The number of hydrogen-bond donors (Lipinski definition) is 2. The van der Waals surface area contributed by atoms with Crippen LogP contribution in [0.5, 0.6) is 0 Å². The SMILES string of the molecule is N#Cc1c2c(n(CC3CCCO3)c1NC(=O)CSc1n[nH]c(-c3ccccc3F)n1)CCCC2. The normalized spacial score (nSPS) is 17.4. The maximum absolute atomic E-state index is 14.0. The van der Waals surface area contributed by atoms with Gasteiger partial charge in [-0.05, 0) is 56.2 Å². The molecular formula is C24H25FN6O2S. The van der Waals surface area contributed by atoms with Crippen LogP contribution in [0.4, 0.5) is 10.2 Å². The Morgan fingerprint density at radius 3 is 2.97 bits per heavy atom. The second-order valence-corrected chi connectivity index (χ2v) is 9.44. The molecule has 3 aromatic rings. The second kappa shape index (κ2) is 9.99. The summed E-state index contributed by atoms with van der Waals surface area (Å²) in [6.07, 6.45) is 5.98. The molecule has 2 aromatic heterocycles. The van der Waals surface area contributed by atoms with Crippen molar-refractivity contribution in [3.63, 3.8) is 0 Å². The van der Waals surface area contributed by atoms with Crippen LogP contribution in [0.25, 0.3) is 11.4 Å². The van der Waals surface area contributed by atoms with E-state index in [-0.39, 0.29) is 17.8 Å². The van der Waals surface area contributed by atoms with E-state index in [9.17, 15) is 14.4 Å². The van der Waals surface area contributed by atoms with Crippen LogP contribution in [-0.2, 0) is 28.9 Å². The highest BCUT2D eigenvalue weighted by atomic mass is 32.2. The summed E-state index contributed by atoms with van der Waals surface area (Å²) in [5.74, 6) is 0.299. The summed E-state index contributed by atoms with van der Waals surface area (Å²) in [6.45, 7) is 1.39. The maximum atomic E-state index is 14.0. The minimum atomic E-state index is -0.395. The van der Waals surface area contributed by atoms with Crippen molar-refractivity contribution in [1.82, 2.24) is 19.7 Å². The molecule has 2 N–H and O–H groups in total. The summed E-state index contributed by atoms with van der Waals surface area (Å²) < 4.78 is 21.9. The molecule has 5 rings (SSSR count). The number of aromatic amines is 1. The van der Waals surface area contributed by atoms with Crippen molar-refractivity contribution >= 4 is 23.5 Å². The zero-order valence-electron chi connectivity index (χ0n) is 18.6. The summed E-state index contributed by atoms with van der Waals surface area (Å²) in [5, 5.41) is 20.0. The predicted molar refractivity (Wildman–Crippen MR) is 126 cm³/mol. The second-order valence-electron chi connectivity index (χ2n) is 8.50. The Bertz CT molecular complexity index is 1240. The number of nitriles is 1. The molecular weight excluding hydrogens is 455 g/mol. The van der Waals surface area contributed by atoms with Crippen molar-refractivity contribution in [3.8, 4) is 17.5 Å². The van der Waals surface area contributed by atoms with Gasteiger partial charge in [0.2, 0.25) is 11.1 Å². The lowest BCUT2D eigenvalue weighted by atomic mass is 9.95. The van der Waals surface area contributed by atoms with Gasteiger partial charge in [-0.3, -0.25) is 9.89 Å². The summed E-state index contributed by atoms with van der Waals surface area (Å²) in [7, 11) is 0. The van der Waals surface area contributed by atoms with E-state index in [2.05, 4.69) is 31.1 Å². The Hall–Kier alpha value is -3.16. The first kappa shape index (κ1) is 22.6. The number of anilines is 1. The molecule has 1 saturated heterocycles. The molecule has 1 atom stereocenters. The number of nitrogens with zero attached hydrogens (tertiary/aromatic N) is 4. The molecule has 34 heavy (non-hydrogen) atoms. The van der Waals surface area contributed by atoms with E-state index < -0.39 is 5.82 Å². The standard InChI is InChI=1S/C24H25FN6O2S/c25-19-9-3-1-8-17(19)22-28-24(30-29-22)34-14-21(32)27-23-18(12-26)16-7-2-4-10-20(16)31(23)13-15-6-5-11-33-15/h1,3,8-9,15H,2,4-7,10-11,13-14H2,(H,27,32)(H,28,29,30). The third-order valence-corrected chi connectivity index (χ3v) is 7.13. The smallest absolute Gasteiger partial charge is 0.235 e. The highest BCUT2D eigenvalue weighted by Crippen LogP contribution is 2.34. The van der Waals surface area contributed by atoms with Crippen molar-refractivity contribution in [3.05, 3.63) is 46.9 Å². The molecule has 2 aliphatic rings. The van der Waals surface area contributed by atoms with Crippen molar-refractivity contribution in [2.45, 2.75) is 56.3 Å². The van der Waals surface area contributed by atoms with Crippen LogP contribution < -0.4 is 5.32 Å². The molecule has 1 aliphatic heterocycles. The van der Waals surface area contributed by atoms with Gasteiger partial charge in [-0.25, -0.2) is 9.37 Å². The van der Waals surface area contributed by atoms with Crippen molar-refractivity contribution in [2.24, 2.45) is 0 Å². The lowest BCUT2D eigenvalue weighted by Gasteiger charge is -2.19. The van der Waals surface area contributed by atoms with Gasteiger partial charge in [0.15, 0.2) is 5.82 Å². The third kappa shape index (κ3) is 4.58. The summed E-state index contributed by atoms with van der Waals surface area (Å²) in [5.41, 5.74) is 3.08. The van der Waals surface area contributed by atoms with Crippen molar-refractivity contribution < 1.29 is 13.9 Å². The van der Waals surface area contributed by atoms with E-state index in [4.69, 9.17) is 4.74 Å². The lowest BCUT2D eigenvalue weighted by Crippen LogP contribution is -2.23. The largest absolute Gasteiger partial charge is 0.376 e. The van der Waals surface area contributed by atoms with E-state index in [1.165, 1.54) is 6.07 Å². The van der Waals surface area contributed by atoms with Gasteiger partial charge in [0.1, 0.15) is 17.7 Å². The zero-order valence-corrected chi connectivity index (χ0v) is 19.5. The topological polar surface area (TPSA) is 109 Å². The van der Waals surface area contributed by atoms with Crippen molar-refractivity contribution in [2.75, 3.05) is 17.7 Å². The number of halogens is 1. The number of carbonyl (C=O) groups is 1. The van der Waals surface area contributed by atoms with E-state index in [0.29, 0.717) is 34.5 Å². The van der Waals surface area contributed by atoms with Gasteiger partial charge in [0.05, 0.1) is 29.5 Å². The van der Waals surface area contributed by atoms with Gasteiger partial charge < -0.3 is 14.6 Å². The number of ether oxygens (including phenoxy) is 1. The average Bonchev–Trinajstić information content (AvgIpc) is 3.59. The Morgan fingerprint density at radius 2 is 2.18 bits per heavy atom. The molecule has 1 fully saturated rings. The first-order chi connectivity index (χ1) is 16.6. The zero-order chi connectivity index (χ0) is 23.5. The number of aromatic nitrogens is 4. The molecule has 1 unspecified atom stereocenters. The molecule has 1 aliphatic carbocycles. The molecule has 3 heterocycles. The summed E-state index contributed by atoms with van der Waals surface area (Å²) >= 11 is 1.15. The van der Waals surface area contributed by atoms with Crippen LogP contribution in [-0.4, -0.2) is 44.1 Å². The Balaban J connectivity index is 1.31. The molecule has 0 saturated carbocycles. The number of H-pyrrole nitrogens is 1. The molecule has 0 bridgehead atoms. The highest BCUT2D eigenvalue weighted by molar-refractivity contribution is 7.99. The number of benzene rings is 1. The lowest BCUT2D eigenvalue weighted by molar-refractivity contribution is -0.113. The van der Waals surface area contributed by atoms with Crippen LogP contribution in [0.1, 0.15) is 42.5 Å². The number of amides is 1. The molecule has 176 valence electrons. The van der Waals surface area contributed by atoms with E-state index in [1.807, 2.05) is 0 Å². The van der Waals surface area contributed by atoms with Crippen LogP contribution in [0, 0.1) is 17.1 Å². The van der Waals surface area contributed by atoms with E-state index in [1.54, 1.807) is 18.2 Å². The third-order valence-electron chi connectivity index (χ3n) is 6.28. The number of nitrogens with one attached hydrogen (secondary N) is 2. The van der Waals surface area contributed by atoms with Crippen molar-refractivity contribution in [1.29, 1.82) is 5.26 Å². The minimum Gasteiger partial charge on any atom is -0.376 e. The number of rotatable bonds is 7. The van der Waals surface area contributed by atoms with Gasteiger partial charge in [-0.2, -0.15) is 5.26 Å². The number of hydrogen-bond acceptors (Lipinski definition) is 6. The maximum Gasteiger partial charge on any atom is 0.235 e. The van der Waals surface area contributed by atoms with E-state index in [0.717, 1.165) is 68.2 Å². The molecule has 8 nitrogen and oxygen atoms in total. The molecule has 10 heteroatoms. The average molecular weight is 481 g/mol. The molecule has 1 amide bonds. The van der Waals surface area contributed by atoms with Crippen LogP contribution in [0.2, 0.25) is 0 Å². The fraction of sp³-hybridized carbons (Fsp3) is 0.417. The van der Waals surface area contributed by atoms with Gasteiger partial charge in [-0.15, -0.1) is 5.10 Å². The summed E-state index contributed by atoms with van der Waals surface area (Å²) in [6, 6.07) is 8.63. The fourth-order valence-electron chi connectivity index (χ4n) is 4.70. The monoisotopic (exact) mass is 480 g/mol. The number of thioether (sulfide) groups is 1. The van der Waals surface area contributed by atoms with E-state index >= 15 is 0 Å². The predicted octanol–water partition coefficient (Wildman–Crippen LogP) is 4.07. The van der Waals surface area contributed by atoms with Gasteiger partial charge in [0, 0.05) is 12.3 Å². The fourth-order valence-corrected chi connectivity index (χ4v) is 5.29. The minimum absolute atomic E-state index is 0.0647. The Labute approximate surface area is 200 Å². The number of fused-ring (bicyclic) bond motifs is 1. The van der Waals surface area contributed by atoms with Crippen LogP contribution >= 0.6 is 11.8 Å². The summed E-state index contributed by atoms with van der Waals surface area (Å²) in [4.78, 5) is 17.2. The van der Waals surface area contributed by atoms with Gasteiger partial charge in [0.25, 0.3) is 0 Å². The van der Waals surface area contributed by atoms with Gasteiger partial charge >= 0.3 is 0 Å². The number of carbonyl (C=O) groups excluding carboxylic acids is 1. The first-order valence-electron chi connectivity index (χ1n) is 11.5. The molecule has 1 aromatic carbocycles. The van der Waals surface area contributed by atoms with Crippen LogP contribution in [0.15, 0.2) is 29.4 Å². The van der Waals surface area contributed by atoms with Gasteiger partial charge in [-0.1, -0.05) is 23.9 Å². The quantitative estimate of drug-likeness (QED) is 0.494. The Kier molecular flexibility index (Phi) is 6.65. The molecule has 0 radical (unpaired) electrons. The van der Waals surface area contributed by atoms with Crippen LogP contribution in [0.3, 0.4) is 0 Å². The first-order valence-corrected chi connectivity index (χ1v) is 12.5. The molecule has 0 spiro atoms. The highest BCUT2D eigenvalue weighted by Gasteiger charge is 2.28.